The molecule has 0 spiro atoms. The Hall–Kier alpha value is -2.19. The van der Waals surface area contributed by atoms with Gasteiger partial charge in [-0.2, -0.15) is 5.26 Å². The van der Waals surface area contributed by atoms with Crippen molar-refractivity contribution in [1.82, 2.24) is 5.32 Å². The normalized spacial score (nSPS) is 14.4. The Labute approximate surface area is 167 Å². The maximum atomic E-state index is 12.4. The van der Waals surface area contributed by atoms with E-state index >= 15 is 0 Å². The van der Waals surface area contributed by atoms with E-state index in [-0.39, 0.29) is 24.1 Å². The number of benzene rings is 1. The smallest absolute Gasteiger partial charge is 0.262 e. The second-order valence-electron chi connectivity index (χ2n) is 5.88. The lowest BCUT2D eigenvalue weighted by atomic mass is 10.1. The van der Waals surface area contributed by atoms with E-state index in [0.29, 0.717) is 23.7 Å². The summed E-state index contributed by atoms with van der Waals surface area (Å²) >= 11 is 2.12. The van der Waals surface area contributed by atoms with Crippen molar-refractivity contribution in [2.45, 2.75) is 38.6 Å². The number of carbonyl (C=O) groups is 1. The van der Waals surface area contributed by atoms with E-state index in [1.165, 1.54) is 0 Å². The van der Waals surface area contributed by atoms with Crippen LogP contribution in [-0.2, 0) is 4.79 Å². The average molecular weight is 464 g/mol. The molecule has 0 aromatic heterocycles. The molecule has 0 aliphatic heterocycles. The number of terminal acetylenes is 1. The molecule has 1 fully saturated rings. The van der Waals surface area contributed by atoms with Crippen LogP contribution in [0.25, 0.3) is 6.08 Å². The monoisotopic (exact) mass is 464 g/mol. The lowest BCUT2D eigenvalue weighted by Gasteiger charge is -2.14. The Morgan fingerprint density at radius 2 is 2.15 bits per heavy atom. The Balaban J connectivity index is 2.27. The van der Waals surface area contributed by atoms with Crippen LogP contribution in [0.3, 0.4) is 0 Å². The molecule has 26 heavy (non-hydrogen) atoms. The fourth-order valence-electron chi connectivity index (χ4n) is 2.84. The van der Waals surface area contributed by atoms with Crippen molar-refractivity contribution in [3.05, 3.63) is 26.8 Å². The molecule has 6 heteroatoms. The third-order valence-electron chi connectivity index (χ3n) is 4.00. The molecule has 0 saturated heterocycles. The Bertz CT molecular complexity index is 768. The summed E-state index contributed by atoms with van der Waals surface area (Å²) in [6.45, 7) is 2.47. The fraction of sp³-hybridized carbons (Fsp3) is 0.400. The van der Waals surface area contributed by atoms with Gasteiger partial charge in [-0.05, 0) is 66.1 Å². The highest BCUT2D eigenvalue weighted by Crippen LogP contribution is 2.35. The first-order valence-electron chi connectivity index (χ1n) is 8.54. The van der Waals surface area contributed by atoms with Gasteiger partial charge in [0.2, 0.25) is 0 Å². The lowest BCUT2D eigenvalue weighted by Crippen LogP contribution is -2.33. The van der Waals surface area contributed by atoms with Gasteiger partial charge in [-0.25, -0.2) is 0 Å². The number of amides is 1. The van der Waals surface area contributed by atoms with Crippen molar-refractivity contribution >= 4 is 34.6 Å². The maximum Gasteiger partial charge on any atom is 0.262 e. The number of rotatable bonds is 7. The molecule has 1 aliphatic carbocycles. The van der Waals surface area contributed by atoms with Gasteiger partial charge in [0.05, 0.1) is 10.2 Å². The van der Waals surface area contributed by atoms with Crippen molar-refractivity contribution in [3.8, 4) is 29.9 Å². The van der Waals surface area contributed by atoms with Gasteiger partial charge in [0, 0.05) is 6.04 Å². The number of nitrogens with zero attached hydrogens (tertiary/aromatic N) is 1. The van der Waals surface area contributed by atoms with E-state index in [4.69, 9.17) is 15.9 Å². The first-order chi connectivity index (χ1) is 12.6. The molecule has 1 amide bonds. The molecule has 0 atom stereocenters. The van der Waals surface area contributed by atoms with E-state index in [1.54, 1.807) is 12.1 Å². The number of carbonyl (C=O) groups excluding carboxylic acids is 1. The summed E-state index contributed by atoms with van der Waals surface area (Å²) in [5.41, 5.74) is 0.775. The average Bonchev–Trinajstić information content (AvgIpc) is 3.12. The first-order valence-corrected chi connectivity index (χ1v) is 9.62. The van der Waals surface area contributed by atoms with Gasteiger partial charge in [-0.1, -0.05) is 18.8 Å². The summed E-state index contributed by atoms with van der Waals surface area (Å²) in [5.74, 6) is 3.20. The van der Waals surface area contributed by atoms with Gasteiger partial charge >= 0.3 is 0 Å². The van der Waals surface area contributed by atoms with Crippen LogP contribution in [0.1, 0.15) is 38.2 Å². The molecule has 2 rings (SSSR count). The van der Waals surface area contributed by atoms with Crippen molar-refractivity contribution < 1.29 is 14.3 Å². The molecule has 5 nitrogen and oxygen atoms in total. The summed E-state index contributed by atoms with van der Waals surface area (Å²) in [6.07, 6.45) is 11.0. The maximum absolute atomic E-state index is 12.4. The van der Waals surface area contributed by atoms with Crippen molar-refractivity contribution in [3.63, 3.8) is 0 Å². The number of ether oxygens (including phenoxy) is 2. The molecule has 0 heterocycles. The van der Waals surface area contributed by atoms with Gasteiger partial charge in [0.1, 0.15) is 18.2 Å². The molecular weight excluding hydrogens is 443 g/mol. The lowest BCUT2D eigenvalue weighted by molar-refractivity contribution is -0.117. The molecule has 1 aromatic rings. The molecule has 1 saturated carbocycles. The molecule has 1 aromatic carbocycles. The molecule has 0 bridgehead atoms. The highest BCUT2D eigenvalue weighted by Gasteiger charge is 2.19. The highest BCUT2D eigenvalue weighted by molar-refractivity contribution is 14.1. The molecule has 1 N–H and O–H groups in total. The Kier molecular flexibility index (Phi) is 7.80. The SMILES string of the molecule is C#CCOc1c(I)cc(/C=C(/C#N)C(=O)NC2CCCC2)cc1OCC. The molecule has 0 radical (unpaired) electrons. The minimum Gasteiger partial charge on any atom is -0.490 e. The number of hydrogen-bond donors (Lipinski definition) is 1. The number of hydrogen-bond acceptors (Lipinski definition) is 4. The molecule has 0 unspecified atom stereocenters. The zero-order chi connectivity index (χ0) is 18.9. The van der Waals surface area contributed by atoms with Gasteiger partial charge in [0.15, 0.2) is 11.5 Å². The van der Waals surface area contributed by atoms with Crippen LogP contribution in [0, 0.1) is 27.2 Å². The van der Waals surface area contributed by atoms with Crippen molar-refractivity contribution in [1.29, 1.82) is 5.26 Å². The second-order valence-corrected chi connectivity index (χ2v) is 7.04. The van der Waals surface area contributed by atoms with Crippen LogP contribution in [0.15, 0.2) is 17.7 Å². The summed E-state index contributed by atoms with van der Waals surface area (Å²) in [7, 11) is 0. The van der Waals surface area contributed by atoms with Crippen LogP contribution in [-0.4, -0.2) is 25.2 Å². The fourth-order valence-corrected chi connectivity index (χ4v) is 3.62. The molecular formula is C20H21IN2O3. The summed E-state index contributed by atoms with van der Waals surface area (Å²) in [4.78, 5) is 12.4. The quantitative estimate of drug-likeness (QED) is 0.290. The Morgan fingerprint density at radius 3 is 2.77 bits per heavy atom. The van der Waals surface area contributed by atoms with Crippen LogP contribution < -0.4 is 14.8 Å². The zero-order valence-corrected chi connectivity index (χ0v) is 16.8. The third-order valence-corrected chi connectivity index (χ3v) is 4.80. The largest absolute Gasteiger partial charge is 0.490 e. The topological polar surface area (TPSA) is 71.3 Å². The number of halogens is 1. The number of nitriles is 1. The van der Waals surface area contributed by atoms with Crippen LogP contribution in [0.5, 0.6) is 11.5 Å². The standard InChI is InChI=1S/C20H21IN2O3/c1-3-9-26-19-17(21)11-14(12-18(19)25-4-2)10-15(13-22)20(24)23-16-7-5-6-8-16/h1,10-12,16H,4-9H2,2H3,(H,23,24)/b15-10-. The second kappa shape index (κ2) is 10.1. The van der Waals surface area contributed by atoms with Gasteiger partial charge < -0.3 is 14.8 Å². The number of nitrogens with one attached hydrogen (secondary N) is 1. The van der Waals surface area contributed by atoms with Gasteiger partial charge in [-0.3, -0.25) is 4.79 Å². The highest BCUT2D eigenvalue weighted by atomic mass is 127. The van der Waals surface area contributed by atoms with Crippen molar-refractivity contribution in [2.75, 3.05) is 13.2 Å². The predicted molar refractivity (Wildman–Crippen MR) is 109 cm³/mol. The first kappa shape index (κ1) is 20.1. The van der Waals surface area contributed by atoms with Crippen LogP contribution >= 0.6 is 22.6 Å². The van der Waals surface area contributed by atoms with E-state index < -0.39 is 0 Å². The summed E-state index contributed by atoms with van der Waals surface area (Å²) in [5, 5.41) is 12.3. The van der Waals surface area contributed by atoms with Gasteiger partial charge in [-0.15, -0.1) is 6.42 Å². The minimum atomic E-state index is -0.333. The van der Waals surface area contributed by atoms with E-state index in [0.717, 1.165) is 29.3 Å². The van der Waals surface area contributed by atoms with E-state index in [2.05, 4.69) is 33.8 Å². The minimum absolute atomic E-state index is 0.0763. The van der Waals surface area contributed by atoms with E-state index in [1.807, 2.05) is 19.1 Å². The van der Waals surface area contributed by atoms with Crippen LogP contribution in [0.4, 0.5) is 0 Å². The third kappa shape index (κ3) is 5.40. The zero-order valence-electron chi connectivity index (χ0n) is 14.7. The molecule has 1 aliphatic rings. The van der Waals surface area contributed by atoms with Crippen LogP contribution in [0.2, 0.25) is 0 Å². The Morgan fingerprint density at radius 1 is 1.42 bits per heavy atom. The van der Waals surface area contributed by atoms with E-state index in [9.17, 15) is 10.1 Å². The van der Waals surface area contributed by atoms with Crippen molar-refractivity contribution in [2.24, 2.45) is 0 Å². The van der Waals surface area contributed by atoms with Gasteiger partial charge in [0.25, 0.3) is 5.91 Å². The summed E-state index contributed by atoms with van der Waals surface area (Å²) in [6, 6.07) is 5.73. The predicted octanol–water partition coefficient (Wildman–Crippen LogP) is 3.67. The summed E-state index contributed by atoms with van der Waals surface area (Å²) < 4.78 is 12.0. The molecule has 136 valence electrons.